The highest BCUT2D eigenvalue weighted by atomic mass is 16.5. The molecule has 32 heavy (non-hydrogen) atoms. The second-order valence-electron chi connectivity index (χ2n) is 11.7. The van der Waals surface area contributed by atoms with Gasteiger partial charge in [0.25, 0.3) is 0 Å². The highest BCUT2D eigenvalue weighted by Crippen LogP contribution is 2.59. The summed E-state index contributed by atoms with van der Waals surface area (Å²) < 4.78 is 12.5. The number of hydrogen-bond donors (Lipinski definition) is 0. The first-order valence-electron chi connectivity index (χ1n) is 12.7. The summed E-state index contributed by atoms with van der Waals surface area (Å²) in [5.74, 6) is 1.53. The summed E-state index contributed by atoms with van der Waals surface area (Å²) in [6.45, 7) is 11.7. The minimum Gasteiger partial charge on any atom is -0.374 e. The third kappa shape index (κ3) is 5.20. The van der Waals surface area contributed by atoms with Crippen LogP contribution in [0.3, 0.4) is 0 Å². The Morgan fingerprint density at radius 3 is 2.59 bits per heavy atom. The fourth-order valence-corrected chi connectivity index (χ4v) is 6.47. The molecule has 3 aliphatic rings. The van der Waals surface area contributed by atoms with Crippen molar-refractivity contribution in [3.63, 3.8) is 0 Å². The minimum absolute atomic E-state index is 0.103. The van der Waals surface area contributed by atoms with Crippen molar-refractivity contribution < 1.29 is 14.3 Å². The zero-order valence-electron chi connectivity index (χ0n) is 20.8. The molecule has 3 nitrogen and oxygen atoms in total. The standard InChI is InChI=1S/C29H42O3/c1-20(31-19-21-11-7-6-8-12-21)10-9-13-24-25-17-23-14-15-27(32-28(2,3)4)29(23,5)18-22(25)16-26(24)30/h6-8,11-12,20,22-23,27H,9-10,13-19H2,1-5H3/t20-,22?,23-,27-,29-/m0/s1. The molecular formula is C29H42O3. The summed E-state index contributed by atoms with van der Waals surface area (Å²) in [7, 11) is 0. The Morgan fingerprint density at radius 1 is 1.12 bits per heavy atom. The fraction of sp³-hybridized carbons (Fsp3) is 0.690. The van der Waals surface area contributed by atoms with Gasteiger partial charge in [-0.05, 0) is 101 Å². The van der Waals surface area contributed by atoms with Crippen LogP contribution in [0.2, 0.25) is 0 Å². The lowest BCUT2D eigenvalue weighted by Crippen LogP contribution is -2.42. The number of carbonyl (C=O) groups is 1. The Labute approximate surface area is 195 Å². The molecule has 1 aromatic carbocycles. The van der Waals surface area contributed by atoms with E-state index >= 15 is 0 Å². The van der Waals surface area contributed by atoms with Gasteiger partial charge in [0, 0.05) is 6.42 Å². The van der Waals surface area contributed by atoms with Crippen molar-refractivity contribution in [3.05, 3.63) is 47.0 Å². The van der Waals surface area contributed by atoms with E-state index in [1.54, 1.807) is 0 Å². The van der Waals surface area contributed by atoms with Crippen molar-refractivity contribution in [1.82, 2.24) is 0 Å². The normalized spacial score (nSPS) is 31.0. The van der Waals surface area contributed by atoms with Gasteiger partial charge >= 0.3 is 0 Å². The largest absolute Gasteiger partial charge is 0.374 e. The van der Waals surface area contributed by atoms with E-state index < -0.39 is 0 Å². The van der Waals surface area contributed by atoms with Crippen molar-refractivity contribution in [2.45, 2.75) is 110 Å². The third-order valence-corrected chi connectivity index (χ3v) is 8.16. The molecule has 0 aliphatic heterocycles. The average Bonchev–Trinajstić information content (AvgIpc) is 3.19. The van der Waals surface area contributed by atoms with Crippen molar-refractivity contribution in [2.75, 3.05) is 0 Å². The van der Waals surface area contributed by atoms with E-state index in [4.69, 9.17) is 9.47 Å². The lowest BCUT2D eigenvalue weighted by molar-refractivity contribution is -0.121. The Hall–Kier alpha value is -1.45. The van der Waals surface area contributed by atoms with Crippen LogP contribution in [0.25, 0.3) is 0 Å². The molecular weight excluding hydrogens is 396 g/mol. The molecule has 0 N–H and O–H groups in total. The van der Waals surface area contributed by atoms with Crippen LogP contribution in [0, 0.1) is 17.3 Å². The maximum Gasteiger partial charge on any atom is 0.159 e. The van der Waals surface area contributed by atoms with E-state index in [0.717, 1.165) is 44.9 Å². The van der Waals surface area contributed by atoms with Gasteiger partial charge in [-0.3, -0.25) is 4.79 Å². The zero-order chi connectivity index (χ0) is 22.9. The van der Waals surface area contributed by atoms with Crippen LogP contribution in [0.5, 0.6) is 0 Å². The van der Waals surface area contributed by atoms with Crippen LogP contribution < -0.4 is 0 Å². The molecule has 2 saturated carbocycles. The predicted molar refractivity (Wildman–Crippen MR) is 129 cm³/mol. The molecule has 1 unspecified atom stereocenters. The molecule has 0 bridgehead atoms. The van der Waals surface area contributed by atoms with E-state index in [9.17, 15) is 4.79 Å². The molecule has 0 radical (unpaired) electrons. The van der Waals surface area contributed by atoms with E-state index in [2.05, 4.69) is 58.9 Å². The monoisotopic (exact) mass is 438 g/mol. The van der Waals surface area contributed by atoms with Crippen LogP contribution in [0.4, 0.5) is 0 Å². The lowest BCUT2D eigenvalue weighted by atomic mass is 9.63. The molecule has 0 amide bonds. The number of ether oxygens (including phenoxy) is 2. The minimum atomic E-state index is -0.103. The van der Waals surface area contributed by atoms with Crippen LogP contribution in [-0.2, 0) is 20.9 Å². The number of fused-ring (bicyclic) bond motifs is 2. The first-order chi connectivity index (χ1) is 15.2. The highest BCUT2D eigenvalue weighted by molar-refractivity contribution is 5.99. The van der Waals surface area contributed by atoms with Gasteiger partial charge < -0.3 is 9.47 Å². The second-order valence-corrected chi connectivity index (χ2v) is 11.7. The molecule has 1 aromatic rings. The van der Waals surface area contributed by atoms with Gasteiger partial charge in [-0.25, -0.2) is 0 Å². The van der Waals surface area contributed by atoms with Gasteiger partial charge in [-0.1, -0.05) is 42.8 Å². The van der Waals surface area contributed by atoms with Crippen molar-refractivity contribution >= 4 is 5.78 Å². The van der Waals surface area contributed by atoms with Gasteiger partial charge in [0.05, 0.1) is 24.4 Å². The Bertz CT molecular complexity index is 834. The number of ketones is 1. The second kappa shape index (κ2) is 9.43. The van der Waals surface area contributed by atoms with Gasteiger partial charge in [-0.15, -0.1) is 0 Å². The topological polar surface area (TPSA) is 35.5 Å². The van der Waals surface area contributed by atoms with Gasteiger partial charge in [0.1, 0.15) is 0 Å². The first kappa shape index (κ1) is 23.7. The molecule has 3 heteroatoms. The SMILES string of the molecule is C[C@@H](CCCC1=C2C[C@@H]3CC[C@H](OC(C)(C)C)[C@@]3(C)CC2CC1=O)OCc1ccccc1. The molecule has 0 spiro atoms. The Kier molecular flexibility index (Phi) is 6.98. The van der Waals surface area contributed by atoms with Crippen LogP contribution in [-0.4, -0.2) is 23.6 Å². The molecule has 5 atom stereocenters. The molecule has 0 heterocycles. The number of allylic oxidation sites excluding steroid dienone is 2. The first-order valence-corrected chi connectivity index (χ1v) is 12.7. The maximum absolute atomic E-state index is 12.9. The highest BCUT2D eigenvalue weighted by Gasteiger charge is 2.54. The number of carbonyl (C=O) groups excluding carboxylic acids is 1. The predicted octanol–water partition coefficient (Wildman–Crippen LogP) is 7.04. The lowest BCUT2D eigenvalue weighted by Gasteiger charge is -2.45. The molecule has 2 fully saturated rings. The molecule has 3 aliphatic carbocycles. The molecule has 4 rings (SSSR count). The average molecular weight is 439 g/mol. The van der Waals surface area contributed by atoms with E-state index in [1.807, 2.05) is 6.07 Å². The van der Waals surface area contributed by atoms with Crippen LogP contribution in [0.1, 0.15) is 91.5 Å². The van der Waals surface area contributed by atoms with Gasteiger partial charge in [0.15, 0.2) is 5.78 Å². The zero-order valence-corrected chi connectivity index (χ0v) is 20.8. The van der Waals surface area contributed by atoms with Crippen molar-refractivity contribution in [2.24, 2.45) is 17.3 Å². The van der Waals surface area contributed by atoms with E-state index in [0.29, 0.717) is 30.3 Å². The molecule has 176 valence electrons. The van der Waals surface area contributed by atoms with Crippen molar-refractivity contribution in [1.29, 1.82) is 0 Å². The summed E-state index contributed by atoms with van der Waals surface area (Å²) in [5, 5.41) is 0. The number of rotatable bonds is 8. The van der Waals surface area contributed by atoms with E-state index in [1.165, 1.54) is 23.1 Å². The number of Topliss-reactive ketones (excluding diaryl/α,β-unsaturated/α-hetero) is 1. The maximum atomic E-state index is 12.9. The van der Waals surface area contributed by atoms with Gasteiger partial charge in [-0.2, -0.15) is 0 Å². The van der Waals surface area contributed by atoms with Crippen LogP contribution in [0.15, 0.2) is 41.5 Å². The van der Waals surface area contributed by atoms with Crippen LogP contribution >= 0.6 is 0 Å². The quantitative estimate of drug-likeness (QED) is 0.436. The smallest absolute Gasteiger partial charge is 0.159 e. The van der Waals surface area contributed by atoms with Crippen molar-refractivity contribution in [3.8, 4) is 0 Å². The molecule has 0 aromatic heterocycles. The number of hydrogen-bond acceptors (Lipinski definition) is 3. The Morgan fingerprint density at radius 2 is 1.88 bits per heavy atom. The fourth-order valence-electron chi connectivity index (χ4n) is 6.47. The van der Waals surface area contributed by atoms with Gasteiger partial charge in [0.2, 0.25) is 0 Å². The number of benzene rings is 1. The summed E-state index contributed by atoms with van der Waals surface area (Å²) in [6.07, 6.45) is 8.88. The third-order valence-electron chi connectivity index (χ3n) is 8.16. The summed E-state index contributed by atoms with van der Waals surface area (Å²) in [6, 6.07) is 10.3. The summed E-state index contributed by atoms with van der Waals surface area (Å²) >= 11 is 0. The Balaban J connectivity index is 1.33. The summed E-state index contributed by atoms with van der Waals surface area (Å²) in [5.41, 5.74) is 4.01. The summed E-state index contributed by atoms with van der Waals surface area (Å²) in [4.78, 5) is 12.9. The molecule has 0 saturated heterocycles. The van der Waals surface area contributed by atoms with E-state index in [-0.39, 0.29) is 17.1 Å².